The SMILES string of the molecule is C=CC(=O)Nc1cc2c(Oc3ccc(C(=O)Nc4ccccn4)cn3)ccnc2cc1OCCN1CCOCC1. The number of carbonyl (C=O) groups excluding carboxylic acids is 2. The molecule has 2 N–H and O–H groups in total. The van der Waals surface area contributed by atoms with Crippen molar-refractivity contribution < 1.29 is 23.8 Å². The Kier molecular flexibility index (Phi) is 8.54. The Hall–Kier alpha value is -4.87. The van der Waals surface area contributed by atoms with E-state index in [9.17, 15) is 9.59 Å². The number of amides is 2. The van der Waals surface area contributed by atoms with Crippen molar-refractivity contribution in [2.24, 2.45) is 0 Å². The van der Waals surface area contributed by atoms with Crippen LogP contribution in [0.15, 0.2) is 79.8 Å². The van der Waals surface area contributed by atoms with Gasteiger partial charge in [0.15, 0.2) is 0 Å². The highest BCUT2D eigenvalue weighted by molar-refractivity contribution is 6.04. The first-order chi connectivity index (χ1) is 19.6. The molecule has 204 valence electrons. The zero-order valence-corrected chi connectivity index (χ0v) is 21.7. The molecule has 4 heterocycles. The van der Waals surface area contributed by atoms with Crippen LogP contribution in [0.1, 0.15) is 10.4 Å². The van der Waals surface area contributed by atoms with Gasteiger partial charge in [0.25, 0.3) is 5.91 Å². The lowest BCUT2D eigenvalue weighted by Gasteiger charge is -2.26. The largest absolute Gasteiger partial charge is 0.490 e. The third-order valence-electron chi connectivity index (χ3n) is 6.13. The minimum atomic E-state index is -0.370. The molecule has 3 aromatic heterocycles. The normalized spacial score (nSPS) is 13.4. The summed E-state index contributed by atoms with van der Waals surface area (Å²) < 4.78 is 17.5. The molecule has 1 aliphatic rings. The maximum Gasteiger partial charge on any atom is 0.258 e. The molecule has 4 aromatic rings. The number of carbonyl (C=O) groups is 2. The van der Waals surface area contributed by atoms with Crippen LogP contribution in [0, 0.1) is 0 Å². The van der Waals surface area contributed by atoms with Crippen molar-refractivity contribution in [3.05, 3.63) is 85.3 Å². The van der Waals surface area contributed by atoms with Crippen molar-refractivity contribution in [1.29, 1.82) is 0 Å². The second-order valence-electron chi connectivity index (χ2n) is 8.83. The van der Waals surface area contributed by atoms with Crippen molar-refractivity contribution in [3.63, 3.8) is 0 Å². The number of nitrogens with one attached hydrogen (secondary N) is 2. The van der Waals surface area contributed by atoms with E-state index in [1.165, 1.54) is 12.3 Å². The monoisotopic (exact) mass is 540 g/mol. The smallest absolute Gasteiger partial charge is 0.258 e. The summed E-state index contributed by atoms with van der Waals surface area (Å²) in [5.41, 5.74) is 1.43. The van der Waals surface area contributed by atoms with Gasteiger partial charge < -0.3 is 24.8 Å². The molecule has 2 amide bonds. The summed E-state index contributed by atoms with van der Waals surface area (Å²) in [6.07, 6.45) is 5.83. The van der Waals surface area contributed by atoms with E-state index in [4.69, 9.17) is 14.2 Å². The average Bonchev–Trinajstić information content (AvgIpc) is 2.99. The van der Waals surface area contributed by atoms with Crippen LogP contribution in [0.2, 0.25) is 0 Å². The maximum absolute atomic E-state index is 12.5. The Morgan fingerprint density at radius 2 is 1.88 bits per heavy atom. The summed E-state index contributed by atoms with van der Waals surface area (Å²) in [5.74, 6) is 0.976. The van der Waals surface area contributed by atoms with E-state index in [1.54, 1.807) is 60.9 Å². The van der Waals surface area contributed by atoms with E-state index in [2.05, 4.69) is 37.1 Å². The van der Waals surface area contributed by atoms with Gasteiger partial charge in [0.2, 0.25) is 11.8 Å². The number of rotatable bonds is 10. The number of fused-ring (bicyclic) bond motifs is 1. The zero-order chi connectivity index (χ0) is 27.7. The predicted molar refractivity (Wildman–Crippen MR) is 150 cm³/mol. The van der Waals surface area contributed by atoms with Crippen LogP contribution >= 0.6 is 0 Å². The number of pyridine rings is 3. The van der Waals surface area contributed by atoms with Crippen LogP contribution in [0.25, 0.3) is 10.9 Å². The summed E-state index contributed by atoms with van der Waals surface area (Å²) in [7, 11) is 0. The summed E-state index contributed by atoms with van der Waals surface area (Å²) >= 11 is 0. The van der Waals surface area contributed by atoms with Crippen LogP contribution in [-0.2, 0) is 9.53 Å². The van der Waals surface area contributed by atoms with Gasteiger partial charge in [0, 0.05) is 55.7 Å². The van der Waals surface area contributed by atoms with Gasteiger partial charge in [-0.2, -0.15) is 0 Å². The first-order valence-electron chi connectivity index (χ1n) is 12.7. The first kappa shape index (κ1) is 26.7. The van der Waals surface area contributed by atoms with Crippen molar-refractivity contribution in [2.45, 2.75) is 0 Å². The molecule has 0 unspecified atom stereocenters. The third kappa shape index (κ3) is 6.76. The molecule has 40 heavy (non-hydrogen) atoms. The number of aromatic nitrogens is 3. The third-order valence-corrected chi connectivity index (χ3v) is 6.13. The molecule has 11 heteroatoms. The first-order valence-corrected chi connectivity index (χ1v) is 12.7. The van der Waals surface area contributed by atoms with Gasteiger partial charge in [-0.3, -0.25) is 19.5 Å². The van der Waals surface area contributed by atoms with E-state index in [0.717, 1.165) is 19.6 Å². The van der Waals surface area contributed by atoms with E-state index in [1.807, 2.05) is 0 Å². The average molecular weight is 541 g/mol. The molecule has 0 radical (unpaired) electrons. The fourth-order valence-electron chi connectivity index (χ4n) is 4.06. The summed E-state index contributed by atoms with van der Waals surface area (Å²) in [4.78, 5) is 39.8. The maximum atomic E-state index is 12.5. The number of morpholine rings is 1. The molecule has 0 atom stereocenters. The van der Waals surface area contributed by atoms with Gasteiger partial charge in [-0.25, -0.2) is 9.97 Å². The second kappa shape index (κ2) is 12.8. The molecular weight excluding hydrogens is 512 g/mol. The lowest BCUT2D eigenvalue weighted by atomic mass is 10.1. The Morgan fingerprint density at radius 1 is 1.00 bits per heavy atom. The molecular formula is C29H28N6O5. The molecule has 11 nitrogen and oxygen atoms in total. The van der Waals surface area contributed by atoms with Crippen molar-refractivity contribution in [2.75, 3.05) is 50.1 Å². The van der Waals surface area contributed by atoms with Crippen LogP contribution in [0.4, 0.5) is 11.5 Å². The molecule has 1 saturated heterocycles. The Balaban J connectivity index is 1.33. The van der Waals surface area contributed by atoms with Crippen molar-refractivity contribution in [3.8, 4) is 17.4 Å². The fourth-order valence-corrected chi connectivity index (χ4v) is 4.06. The fraction of sp³-hybridized carbons (Fsp3) is 0.207. The number of ether oxygens (including phenoxy) is 3. The van der Waals surface area contributed by atoms with E-state index < -0.39 is 0 Å². The van der Waals surface area contributed by atoms with E-state index in [0.29, 0.717) is 59.3 Å². The van der Waals surface area contributed by atoms with Gasteiger partial charge in [0.05, 0.1) is 30.0 Å². The van der Waals surface area contributed by atoms with Crippen LogP contribution in [0.5, 0.6) is 17.4 Å². The molecule has 0 bridgehead atoms. The Bertz CT molecular complexity index is 1490. The Morgan fingerprint density at radius 3 is 2.62 bits per heavy atom. The highest BCUT2D eigenvalue weighted by atomic mass is 16.5. The lowest BCUT2D eigenvalue weighted by molar-refractivity contribution is -0.111. The van der Waals surface area contributed by atoms with Crippen molar-refractivity contribution >= 4 is 34.2 Å². The molecule has 1 aliphatic heterocycles. The number of benzene rings is 1. The lowest BCUT2D eigenvalue weighted by Crippen LogP contribution is -2.38. The highest BCUT2D eigenvalue weighted by Crippen LogP contribution is 2.35. The van der Waals surface area contributed by atoms with E-state index >= 15 is 0 Å². The van der Waals surface area contributed by atoms with Gasteiger partial charge in [0.1, 0.15) is 23.9 Å². The quantitative estimate of drug-likeness (QED) is 0.288. The second-order valence-corrected chi connectivity index (χ2v) is 8.83. The summed E-state index contributed by atoms with van der Waals surface area (Å²) in [5, 5.41) is 6.16. The number of anilines is 2. The number of hydrogen-bond acceptors (Lipinski definition) is 9. The van der Waals surface area contributed by atoms with Gasteiger partial charge in [-0.15, -0.1) is 0 Å². The van der Waals surface area contributed by atoms with Crippen LogP contribution in [-0.4, -0.2) is 71.1 Å². The molecule has 1 aromatic carbocycles. The zero-order valence-electron chi connectivity index (χ0n) is 21.7. The van der Waals surface area contributed by atoms with Crippen molar-refractivity contribution in [1.82, 2.24) is 19.9 Å². The summed E-state index contributed by atoms with van der Waals surface area (Å²) in [6, 6.07) is 13.7. The highest BCUT2D eigenvalue weighted by Gasteiger charge is 2.15. The molecule has 0 saturated carbocycles. The standard InChI is InChI=1S/C29H28N6O5/c1-2-27(36)33-23-17-21-22(18-25(23)39-16-13-35-11-14-38-15-12-35)30-10-8-24(21)40-28-7-6-20(19-32-28)29(37)34-26-5-3-4-9-31-26/h2-10,17-19H,1,11-16H2,(H,33,36)(H,31,34,37). The predicted octanol–water partition coefficient (Wildman–Crippen LogP) is 3.90. The minimum absolute atomic E-state index is 0.282. The molecule has 0 aliphatic carbocycles. The number of nitrogens with zero attached hydrogens (tertiary/aromatic N) is 4. The Labute approximate surface area is 230 Å². The molecule has 0 spiro atoms. The molecule has 5 rings (SSSR count). The topological polar surface area (TPSA) is 128 Å². The van der Waals surface area contributed by atoms with Gasteiger partial charge in [-0.1, -0.05) is 12.6 Å². The van der Waals surface area contributed by atoms with Gasteiger partial charge >= 0.3 is 0 Å². The van der Waals surface area contributed by atoms with Gasteiger partial charge in [-0.05, 0) is 36.4 Å². The minimum Gasteiger partial charge on any atom is -0.490 e. The van der Waals surface area contributed by atoms with E-state index in [-0.39, 0.29) is 17.7 Å². The van der Waals surface area contributed by atoms with Crippen LogP contribution < -0.4 is 20.1 Å². The number of hydrogen-bond donors (Lipinski definition) is 2. The summed E-state index contributed by atoms with van der Waals surface area (Å²) in [6.45, 7) is 7.83. The molecule has 1 fully saturated rings. The van der Waals surface area contributed by atoms with Crippen LogP contribution in [0.3, 0.4) is 0 Å².